The summed E-state index contributed by atoms with van der Waals surface area (Å²) in [6, 6.07) is 0. The summed E-state index contributed by atoms with van der Waals surface area (Å²) < 4.78 is 4.86. The average Bonchev–Trinajstić information content (AvgIpc) is 2.39. The van der Waals surface area contributed by atoms with Crippen LogP contribution in [0.15, 0.2) is 12.2 Å². The van der Waals surface area contributed by atoms with Crippen molar-refractivity contribution in [2.75, 3.05) is 6.61 Å². The lowest BCUT2D eigenvalue weighted by Gasteiger charge is -2.16. The Balaban J connectivity index is 2.30. The molecule has 108 valence electrons. The van der Waals surface area contributed by atoms with Gasteiger partial charge in [-0.25, -0.2) is 4.79 Å². The third kappa shape index (κ3) is 7.81. The topological polar surface area (TPSA) is 43.4 Å². The van der Waals surface area contributed by atoms with Crippen molar-refractivity contribution in [1.29, 1.82) is 0 Å². The molecule has 0 atom stereocenters. The molecule has 0 heterocycles. The summed E-state index contributed by atoms with van der Waals surface area (Å²) >= 11 is 0. The van der Waals surface area contributed by atoms with Gasteiger partial charge in [0.15, 0.2) is 0 Å². The molecule has 0 aromatic heterocycles. The molecular weight excluding hydrogens is 240 g/mol. The van der Waals surface area contributed by atoms with E-state index in [2.05, 4.69) is 0 Å². The summed E-state index contributed by atoms with van der Waals surface area (Å²) in [5.41, 5.74) is 0. The van der Waals surface area contributed by atoms with Crippen molar-refractivity contribution < 1.29 is 14.3 Å². The minimum atomic E-state index is -0.243. The van der Waals surface area contributed by atoms with Crippen molar-refractivity contribution >= 4 is 11.8 Å². The summed E-state index contributed by atoms with van der Waals surface area (Å²) in [6.45, 7) is 2.24. The van der Waals surface area contributed by atoms with Crippen LogP contribution in [-0.4, -0.2) is 18.4 Å². The summed E-state index contributed by atoms with van der Waals surface area (Å²) in [5.74, 6) is 0.840. The third-order valence-electron chi connectivity index (χ3n) is 3.65. The maximum Gasteiger partial charge on any atom is 0.330 e. The Morgan fingerprint density at radius 2 is 1.84 bits per heavy atom. The van der Waals surface area contributed by atoms with Crippen LogP contribution in [0.5, 0.6) is 0 Å². The Kier molecular flexibility index (Phi) is 8.19. The van der Waals surface area contributed by atoms with Crippen LogP contribution in [0.4, 0.5) is 0 Å². The highest BCUT2D eigenvalue weighted by molar-refractivity contribution is 5.81. The molecule has 3 heteroatoms. The normalized spacial score (nSPS) is 19.5. The average molecular weight is 266 g/mol. The number of ether oxygens (including phenoxy) is 1. The van der Waals surface area contributed by atoms with Crippen LogP contribution in [0.25, 0.3) is 0 Å². The van der Waals surface area contributed by atoms with E-state index in [1.165, 1.54) is 12.8 Å². The van der Waals surface area contributed by atoms with E-state index in [9.17, 15) is 9.59 Å². The number of Topliss-reactive ketones (excluding diaryl/α,β-unsaturated/α-hetero) is 1. The van der Waals surface area contributed by atoms with Crippen LogP contribution in [0.2, 0.25) is 0 Å². The lowest BCUT2D eigenvalue weighted by atomic mass is 9.89. The zero-order valence-electron chi connectivity index (χ0n) is 12.0. The minimum Gasteiger partial charge on any atom is -0.463 e. The standard InChI is InChI=1S/C16H26O3/c1-2-19-16(18)13-7-10-14-8-3-5-11-15(17)12-6-4-9-14/h7,13-14H,2-6,8-12H2,1H3. The number of allylic oxidation sites excluding steroid dienone is 1. The molecule has 0 aromatic carbocycles. The van der Waals surface area contributed by atoms with Crippen molar-refractivity contribution in [2.24, 2.45) is 5.92 Å². The van der Waals surface area contributed by atoms with Gasteiger partial charge in [-0.1, -0.05) is 31.8 Å². The van der Waals surface area contributed by atoms with Crippen LogP contribution in [-0.2, 0) is 14.3 Å². The Morgan fingerprint density at radius 3 is 2.42 bits per heavy atom. The molecule has 1 aliphatic rings. The van der Waals surface area contributed by atoms with Gasteiger partial charge in [0.05, 0.1) is 6.61 Å². The maximum absolute atomic E-state index is 11.4. The van der Waals surface area contributed by atoms with E-state index in [0.29, 0.717) is 18.3 Å². The van der Waals surface area contributed by atoms with E-state index in [1.807, 2.05) is 13.0 Å². The fourth-order valence-electron chi connectivity index (χ4n) is 2.56. The number of hydrogen-bond acceptors (Lipinski definition) is 3. The molecule has 0 N–H and O–H groups in total. The number of esters is 1. The first-order valence-corrected chi connectivity index (χ1v) is 7.57. The molecule has 0 aromatic rings. The van der Waals surface area contributed by atoms with E-state index in [0.717, 1.165) is 44.9 Å². The second-order valence-corrected chi connectivity index (χ2v) is 5.29. The zero-order chi connectivity index (χ0) is 13.9. The van der Waals surface area contributed by atoms with Crippen LogP contribution in [0, 0.1) is 5.92 Å². The van der Waals surface area contributed by atoms with Crippen LogP contribution >= 0.6 is 0 Å². The number of ketones is 1. The first kappa shape index (κ1) is 15.9. The molecule has 19 heavy (non-hydrogen) atoms. The monoisotopic (exact) mass is 266 g/mol. The molecule has 1 fully saturated rings. The van der Waals surface area contributed by atoms with Crippen molar-refractivity contribution in [1.82, 2.24) is 0 Å². The molecule has 0 spiro atoms. The SMILES string of the molecule is CCOC(=O)C=CCC1CCCCC(=O)CCCC1. The first-order valence-electron chi connectivity index (χ1n) is 7.57. The van der Waals surface area contributed by atoms with Gasteiger partial charge in [-0.3, -0.25) is 4.79 Å². The quantitative estimate of drug-likeness (QED) is 0.574. The summed E-state index contributed by atoms with van der Waals surface area (Å²) in [7, 11) is 0. The minimum absolute atomic E-state index is 0.243. The Bertz CT molecular complexity index is 293. The molecule has 1 rings (SSSR count). The highest BCUT2D eigenvalue weighted by Crippen LogP contribution is 2.23. The van der Waals surface area contributed by atoms with Gasteiger partial charge in [-0.15, -0.1) is 0 Å². The van der Waals surface area contributed by atoms with E-state index >= 15 is 0 Å². The van der Waals surface area contributed by atoms with E-state index in [-0.39, 0.29) is 5.97 Å². The van der Waals surface area contributed by atoms with Gasteiger partial charge in [-0.05, 0) is 32.1 Å². The molecule has 3 nitrogen and oxygen atoms in total. The van der Waals surface area contributed by atoms with Crippen molar-refractivity contribution in [3.63, 3.8) is 0 Å². The summed E-state index contributed by atoms with van der Waals surface area (Å²) in [6.07, 6.45) is 12.6. The van der Waals surface area contributed by atoms with Crippen LogP contribution in [0.3, 0.4) is 0 Å². The lowest BCUT2D eigenvalue weighted by molar-refractivity contribution is -0.137. The third-order valence-corrected chi connectivity index (χ3v) is 3.65. The molecule has 0 aliphatic heterocycles. The smallest absolute Gasteiger partial charge is 0.330 e. The van der Waals surface area contributed by atoms with Gasteiger partial charge in [0.1, 0.15) is 5.78 Å². The molecule has 0 bridgehead atoms. The Labute approximate surface area is 116 Å². The number of carbonyl (C=O) groups excluding carboxylic acids is 2. The molecule has 0 saturated heterocycles. The fraction of sp³-hybridized carbons (Fsp3) is 0.750. The predicted molar refractivity (Wildman–Crippen MR) is 75.8 cm³/mol. The van der Waals surface area contributed by atoms with E-state index in [4.69, 9.17) is 4.74 Å². The molecule has 0 unspecified atom stereocenters. The molecule has 0 amide bonds. The van der Waals surface area contributed by atoms with Gasteiger partial charge in [0.25, 0.3) is 0 Å². The number of hydrogen-bond donors (Lipinski definition) is 0. The van der Waals surface area contributed by atoms with E-state index < -0.39 is 0 Å². The summed E-state index contributed by atoms with van der Waals surface area (Å²) in [5, 5.41) is 0. The summed E-state index contributed by atoms with van der Waals surface area (Å²) in [4.78, 5) is 22.6. The van der Waals surface area contributed by atoms with E-state index in [1.54, 1.807) is 6.08 Å². The number of carbonyl (C=O) groups is 2. The van der Waals surface area contributed by atoms with Crippen molar-refractivity contribution in [3.05, 3.63) is 12.2 Å². The second kappa shape index (κ2) is 9.76. The van der Waals surface area contributed by atoms with Crippen LogP contribution < -0.4 is 0 Å². The fourth-order valence-corrected chi connectivity index (χ4v) is 2.56. The highest BCUT2D eigenvalue weighted by Gasteiger charge is 2.11. The molecule has 1 aliphatic carbocycles. The Hall–Kier alpha value is -1.12. The van der Waals surface area contributed by atoms with Crippen LogP contribution in [0.1, 0.15) is 64.7 Å². The van der Waals surface area contributed by atoms with Gasteiger partial charge in [-0.2, -0.15) is 0 Å². The zero-order valence-corrected chi connectivity index (χ0v) is 12.0. The lowest BCUT2D eigenvalue weighted by Crippen LogP contribution is -2.05. The number of rotatable bonds is 4. The van der Waals surface area contributed by atoms with Gasteiger partial charge < -0.3 is 4.74 Å². The second-order valence-electron chi connectivity index (χ2n) is 5.29. The molecule has 0 radical (unpaired) electrons. The van der Waals surface area contributed by atoms with Gasteiger partial charge >= 0.3 is 5.97 Å². The first-order chi connectivity index (χ1) is 9.22. The largest absolute Gasteiger partial charge is 0.463 e. The van der Waals surface area contributed by atoms with Crippen molar-refractivity contribution in [3.8, 4) is 0 Å². The predicted octanol–water partition coefficient (Wildman–Crippen LogP) is 3.82. The Morgan fingerprint density at radius 1 is 1.21 bits per heavy atom. The highest BCUT2D eigenvalue weighted by atomic mass is 16.5. The van der Waals surface area contributed by atoms with Gasteiger partial charge in [0, 0.05) is 18.9 Å². The maximum atomic E-state index is 11.4. The van der Waals surface area contributed by atoms with Crippen molar-refractivity contribution in [2.45, 2.75) is 64.7 Å². The molecular formula is C16H26O3. The molecule has 1 saturated carbocycles. The van der Waals surface area contributed by atoms with Gasteiger partial charge in [0.2, 0.25) is 0 Å².